The fourth-order valence-electron chi connectivity index (χ4n) is 1.60. The SMILES string of the molecule is N=C(N)c1ccc(Oc2c(F)cccc2[N+](=O)[O-])c(Cl)c1. The Balaban J connectivity index is 2.44. The van der Waals surface area contributed by atoms with E-state index in [1.54, 1.807) is 0 Å². The summed E-state index contributed by atoms with van der Waals surface area (Å²) >= 11 is 5.94. The summed E-state index contributed by atoms with van der Waals surface area (Å²) in [5.74, 6) is -1.58. The van der Waals surface area contributed by atoms with E-state index in [2.05, 4.69) is 0 Å². The highest BCUT2D eigenvalue weighted by Crippen LogP contribution is 2.36. The highest BCUT2D eigenvalue weighted by atomic mass is 35.5. The molecule has 0 amide bonds. The molecule has 2 rings (SSSR count). The Morgan fingerprint density at radius 1 is 1.38 bits per heavy atom. The van der Waals surface area contributed by atoms with Crippen LogP contribution in [0.5, 0.6) is 11.5 Å². The molecule has 0 aliphatic carbocycles. The van der Waals surface area contributed by atoms with Crippen LogP contribution in [0.25, 0.3) is 0 Å². The van der Waals surface area contributed by atoms with Crippen molar-refractivity contribution in [3.63, 3.8) is 0 Å². The zero-order valence-electron chi connectivity index (χ0n) is 10.5. The molecule has 0 spiro atoms. The average molecular weight is 310 g/mol. The molecule has 0 fully saturated rings. The maximum absolute atomic E-state index is 13.7. The van der Waals surface area contributed by atoms with Crippen LogP contribution in [0, 0.1) is 21.3 Å². The largest absolute Gasteiger partial charge is 0.446 e. The minimum absolute atomic E-state index is 0.0230. The van der Waals surface area contributed by atoms with Crippen LogP contribution < -0.4 is 10.5 Å². The smallest absolute Gasteiger partial charge is 0.314 e. The summed E-state index contributed by atoms with van der Waals surface area (Å²) < 4.78 is 18.9. The summed E-state index contributed by atoms with van der Waals surface area (Å²) in [5, 5.41) is 18.2. The number of para-hydroxylation sites is 1. The van der Waals surface area contributed by atoms with Gasteiger partial charge in [0.1, 0.15) is 11.6 Å². The molecule has 0 atom stereocenters. The first-order chi connectivity index (χ1) is 9.90. The summed E-state index contributed by atoms with van der Waals surface area (Å²) in [6.07, 6.45) is 0. The number of rotatable bonds is 4. The van der Waals surface area contributed by atoms with Gasteiger partial charge in [-0.1, -0.05) is 17.7 Å². The highest BCUT2D eigenvalue weighted by Gasteiger charge is 2.21. The van der Waals surface area contributed by atoms with Gasteiger partial charge in [-0.3, -0.25) is 15.5 Å². The van der Waals surface area contributed by atoms with E-state index in [9.17, 15) is 14.5 Å². The standard InChI is InChI=1S/C13H9ClFN3O3/c14-8-6-7(13(16)17)4-5-11(8)21-12-9(15)2-1-3-10(12)18(19)20/h1-6H,(H3,16,17). The van der Waals surface area contributed by atoms with Crippen LogP contribution in [0.4, 0.5) is 10.1 Å². The molecular weight excluding hydrogens is 301 g/mol. The third-order valence-electron chi connectivity index (χ3n) is 2.60. The van der Waals surface area contributed by atoms with Crippen LogP contribution in [0.1, 0.15) is 5.56 Å². The van der Waals surface area contributed by atoms with Gasteiger partial charge in [0.2, 0.25) is 5.75 Å². The van der Waals surface area contributed by atoms with E-state index in [1.165, 1.54) is 24.3 Å². The van der Waals surface area contributed by atoms with E-state index in [1.807, 2.05) is 0 Å². The molecule has 0 aliphatic rings. The van der Waals surface area contributed by atoms with E-state index >= 15 is 0 Å². The van der Waals surface area contributed by atoms with Crippen LogP contribution in [-0.4, -0.2) is 10.8 Å². The van der Waals surface area contributed by atoms with E-state index in [0.717, 1.165) is 12.1 Å². The van der Waals surface area contributed by atoms with Crippen molar-refractivity contribution < 1.29 is 14.1 Å². The predicted molar refractivity (Wildman–Crippen MR) is 75.6 cm³/mol. The molecule has 2 aromatic rings. The van der Waals surface area contributed by atoms with Crippen molar-refractivity contribution in [2.24, 2.45) is 5.73 Å². The van der Waals surface area contributed by atoms with Crippen LogP contribution >= 0.6 is 11.6 Å². The second-order valence-corrected chi connectivity index (χ2v) is 4.41. The molecule has 0 aromatic heterocycles. The number of amidine groups is 1. The van der Waals surface area contributed by atoms with E-state index < -0.39 is 22.2 Å². The lowest BCUT2D eigenvalue weighted by molar-refractivity contribution is -0.385. The summed E-state index contributed by atoms with van der Waals surface area (Å²) in [7, 11) is 0. The molecule has 2 aromatic carbocycles. The predicted octanol–water partition coefficient (Wildman–Crippen LogP) is 3.46. The summed E-state index contributed by atoms with van der Waals surface area (Å²) in [4.78, 5) is 10.1. The number of nitrogen functional groups attached to an aromatic ring is 1. The maximum atomic E-state index is 13.7. The van der Waals surface area contributed by atoms with Gasteiger partial charge in [-0.15, -0.1) is 0 Å². The van der Waals surface area contributed by atoms with Gasteiger partial charge in [-0.25, -0.2) is 4.39 Å². The Bertz CT molecular complexity index is 737. The fraction of sp³-hybridized carbons (Fsp3) is 0. The van der Waals surface area contributed by atoms with E-state index in [-0.39, 0.29) is 16.6 Å². The first kappa shape index (κ1) is 14.7. The number of hydrogen-bond donors (Lipinski definition) is 2. The molecule has 108 valence electrons. The van der Waals surface area contributed by atoms with Gasteiger partial charge in [0.15, 0.2) is 5.82 Å². The third-order valence-corrected chi connectivity index (χ3v) is 2.89. The average Bonchev–Trinajstić information content (AvgIpc) is 2.42. The van der Waals surface area contributed by atoms with Crippen molar-refractivity contribution in [3.8, 4) is 11.5 Å². The van der Waals surface area contributed by atoms with Crippen LogP contribution in [0.2, 0.25) is 5.02 Å². The summed E-state index contributed by atoms with van der Waals surface area (Å²) in [6.45, 7) is 0. The normalized spacial score (nSPS) is 10.2. The van der Waals surface area contributed by atoms with Crippen LogP contribution in [-0.2, 0) is 0 Å². The van der Waals surface area contributed by atoms with E-state index in [0.29, 0.717) is 5.56 Å². The minimum atomic E-state index is -0.879. The lowest BCUT2D eigenvalue weighted by Gasteiger charge is -2.09. The molecule has 8 heteroatoms. The van der Waals surface area contributed by atoms with Crippen molar-refractivity contribution in [1.29, 1.82) is 5.41 Å². The Morgan fingerprint density at radius 2 is 2.10 bits per heavy atom. The van der Waals surface area contributed by atoms with Crippen molar-refractivity contribution >= 4 is 23.1 Å². The number of benzene rings is 2. The molecule has 0 heterocycles. The summed E-state index contributed by atoms with van der Waals surface area (Å²) in [5.41, 5.74) is 5.15. The zero-order valence-corrected chi connectivity index (χ0v) is 11.2. The molecule has 3 N–H and O–H groups in total. The van der Waals surface area contributed by atoms with Crippen molar-refractivity contribution in [1.82, 2.24) is 0 Å². The van der Waals surface area contributed by atoms with Crippen LogP contribution in [0.15, 0.2) is 36.4 Å². The molecule has 0 radical (unpaired) electrons. The van der Waals surface area contributed by atoms with Crippen molar-refractivity contribution in [2.75, 3.05) is 0 Å². The van der Waals surface area contributed by atoms with Gasteiger partial charge < -0.3 is 10.5 Å². The highest BCUT2D eigenvalue weighted by molar-refractivity contribution is 6.32. The molecule has 0 saturated carbocycles. The molecule has 0 aliphatic heterocycles. The number of nitro benzene ring substituents is 1. The monoisotopic (exact) mass is 309 g/mol. The summed E-state index contributed by atoms with van der Waals surface area (Å²) in [6, 6.07) is 7.52. The van der Waals surface area contributed by atoms with Crippen LogP contribution in [0.3, 0.4) is 0 Å². The second-order valence-electron chi connectivity index (χ2n) is 4.01. The van der Waals surface area contributed by atoms with Gasteiger partial charge in [-0.2, -0.15) is 0 Å². The van der Waals surface area contributed by atoms with Gasteiger partial charge in [0.25, 0.3) is 0 Å². The number of nitrogens with two attached hydrogens (primary N) is 1. The second kappa shape index (κ2) is 5.76. The minimum Gasteiger partial charge on any atom is -0.446 e. The lowest BCUT2D eigenvalue weighted by Crippen LogP contribution is -2.10. The number of nitrogens with one attached hydrogen (secondary N) is 1. The number of ether oxygens (including phenoxy) is 1. The number of nitrogens with zero attached hydrogens (tertiary/aromatic N) is 1. The Labute approximate surface area is 123 Å². The van der Waals surface area contributed by atoms with Crippen molar-refractivity contribution in [3.05, 3.63) is 62.9 Å². The number of halogens is 2. The first-order valence-electron chi connectivity index (χ1n) is 5.65. The van der Waals surface area contributed by atoms with Gasteiger partial charge in [-0.05, 0) is 24.3 Å². The number of hydrogen-bond acceptors (Lipinski definition) is 4. The Hall–Kier alpha value is -2.67. The van der Waals surface area contributed by atoms with Gasteiger partial charge >= 0.3 is 5.69 Å². The molecule has 21 heavy (non-hydrogen) atoms. The third kappa shape index (κ3) is 3.09. The Morgan fingerprint density at radius 3 is 2.67 bits per heavy atom. The molecular formula is C13H9ClFN3O3. The quantitative estimate of drug-likeness (QED) is 0.390. The topological polar surface area (TPSA) is 102 Å². The van der Waals surface area contributed by atoms with Gasteiger partial charge in [0.05, 0.1) is 9.95 Å². The van der Waals surface area contributed by atoms with E-state index in [4.69, 9.17) is 27.5 Å². The van der Waals surface area contributed by atoms with Crippen molar-refractivity contribution in [2.45, 2.75) is 0 Å². The fourth-order valence-corrected chi connectivity index (χ4v) is 1.82. The molecule has 0 unspecified atom stereocenters. The zero-order chi connectivity index (χ0) is 15.6. The number of nitro groups is 1. The molecule has 6 nitrogen and oxygen atoms in total. The first-order valence-corrected chi connectivity index (χ1v) is 6.02. The lowest BCUT2D eigenvalue weighted by atomic mass is 10.2. The molecule has 0 bridgehead atoms. The molecule has 0 saturated heterocycles. The maximum Gasteiger partial charge on any atom is 0.314 e. The Kier molecular flexibility index (Phi) is 4.04. The van der Waals surface area contributed by atoms with Gasteiger partial charge in [0, 0.05) is 11.6 Å².